The third-order valence-electron chi connectivity index (χ3n) is 4.76. The Morgan fingerprint density at radius 2 is 2.00 bits per heavy atom. The first-order valence-electron chi connectivity index (χ1n) is 9.82. The molecule has 8 nitrogen and oxygen atoms in total. The van der Waals surface area contributed by atoms with Crippen molar-refractivity contribution in [3.63, 3.8) is 0 Å². The van der Waals surface area contributed by atoms with Crippen LogP contribution < -0.4 is 10.1 Å². The zero-order chi connectivity index (χ0) is 21.8. The van der Waals surface area contributed by atoms with Gasteiger partial charge >= 0.3 is 5.97 Å². The van der Waals surface area contributed by atoms with Crippen molar-refractivity contribution in [1.29, 1.82) is 0 Å². The molecule has 4 rings (SSSR count). The van der Waals surface area contributed by atoms with E-state index in [1.54, 1.807) is 30.8 Å². The van der Waals surface area contributed by atoms with E-state index in [2.05, 4.69) is 20.4 Å². The first-order valence-corrected chi connectivity index (χ1v) is 9.82. The largest absolute Gasteiger partial charge is 0.497 e. The molecule has 0 aliphatic heterocycles. The molecule has 0 fully saturated rings. The maximum Gasteiger partial charge on any atom is 0.341 e. The first-order chi connectivity index (χ1) is 15.1. The Hall–Kier alpha value is -3.72. The van der Waals surface area contributed by atoms with E-state index >= 15 is 0 Å². The summed E-state index contributed by atoms with van der Waals surface area (Å²) in [5.74, 6) is 0.693. The van der Waals surface area contributed by atoms with Gasteiger partial charge in [-0.2, -0.15) is 5.10 Å². The smallest absolute Gasteiger partial charge is 0.341 e. The fourth-order valence-electron chi connectivity index (χ4n) is 3.28. The highest BCUT2D eigenvalue weighted by molar-refractivity contribution is 5.90. The van der Waals surface area contributed by atoms with E-state index in [-0.39, 0.29) is 12.4 Å². The quantitative estimate of drug-likeness (QED) is 0.422. The number of carbonyl (C=O) groups excluding carboxylic acids is 1. The lowest BCUT2D eigenvalue weighted by Crippen LogP contribution is -2.19. The number of hydrogen-bond donors (Lipinski definition) is 2. The zero-order valence-corrected chi connectivity index (χ0v) is 17.2. The highest BCUT2D eigenvalue weighted by Crippen LogP contribution is 2.19. The van der Waals surface area contributed by atoms with Gasteiger partial charge in [0.15, 0.2) is 0 Å². The molecule has 0 radical (unpaired) electrons. The van der Waals surface area contributed by atoms with Crippen LogP contribution in [0, 0.1) is 5.82 Å². The Kier molecular flexibility index (Phi) is 5.94. The second-order valence-electron chi connectivity index (χ2n) is 6.78. The SMILES string of the molecule is CCOC(=O)c1cnn(-c2ccc(F)cc2)c1CNCc1nc2ccc(OC)cc2[nH]1. The van der Waals surface area contributed by atoms with Crippen LogP contribution in [0.4, 0.5) is 4.39 Å². The molecule has 0 unspecified atom stereocenters. The Balaban J connectivity index is 1.55. The second-order valence-corrected chi connectivity index (χ2v) is 6.78. The summed E-state index contributed by atoms with van der Waals surface area (Å²) in [5.41, 5.74) is 3.32. The van der Waals surface area contributed by atoms with Crippen LogP contribution in [0.3, 0.4) is 0 Å². The molecule has 2 heterocycles. The molecule has 2 N–H and O–H groups in total. The van der Waals surface area contributed by atoms with Crippen molar-refractivity contribution in [3.05, 3.63) is 71.6 Å². The van der Waals surface area contributed by atoms with Gasteiger partial charge in [0.2, 0.25) is 0 Å². The number of hydrogen-bond acceptors (Lipinski definition) is 6. The second kappa shape index (κ2) is 8.97. The van der Waals surface area contributed by atoms with Crippen LogP contribution in [0.5, 0.6) is 5.75 Å². The maximum atomic E-state index is 13.3. The minimum absolute atomic E-state index is 0.260. The van der Waals surface area contributed by atoms with Gasteiger partial charge in [-0.05, 0) is 43.3 Å². The van der Waals surface area contributed by atoms with Crippen molar-refractivity contribution in [2.24, 2.45) is 0 Å². The molecule has 0 atom stereocenters. The van der Waals surface area contributed by atoms with Crippen molar-refractivity contribution < 1.29 is 18.7 Å². The molecule has 9 heteroatoms. The van der Waals surface area contributed by atoms with Crippen LogP contribution in [-0.2, 0) is 17.8 Å². The molecule has 0 spiro atoms. The monoisotopic (exact) mass is 423 g/mol. The molecule has 2 aromatic carbocycles. The normalized spacial score (nSPS) is 11.1. The number of halogens is 1. The minimum Gasteiger partial charge on any atom is -0.497 e. The summed E-state index contributed by atoms with van der Waals surface area (Å²) in [6.45, 7) is 2.77. The minimum atomic E-state index is -0.455. The van der Waals surface area contributed by atoms with Gasteiger partial charge in [-0.3, -0.25) is 0 Å². The van der Waals surface area contributed by atoms with E-state index in [0.29, 0.717) is 30.0 Å². The lowest BCUT2D eigenvalue weighted by molar-refractivity contribution is 0.0525. The van der Waals surface area contributed by atoms with Gasteiger partial charge in [-0.25, -0.2) is 18.9 Å². The average Bonchev–Trinajstić information content (AvgIpc) is 3.38. The van der Waals surface area contributed by atoms with Gasteiger partial charge in [0.25, 0.3) is 0 Å². The van der Waals surface area contributed by atoms with E-state index in [9.17, 15) is 9.18 Å². The summed E-state index contributed by atoms with van der Waals surface area (Å²) in [4.78, 5) is 20.2. The van der Waals surface area contributed by atoms with Gasteiger partial charge in [-0.1, -0.05) is 0 Å². The molecule has 2 aromatic heterocycles. The number of nitrogens with one attached hydrogen (secondary N) is 2. The summed E-state index contributed by atoms with van der Waals surface area (Å²) in [6.07, 6.45) is 1.46. The number of methoxy groups -OCH3 is 1. The molecule has 0 amide bonds. The van der Waals surface area contributed by atoms with Crippen LogP contribution in [0.2, 0.25) is 0 Å². The lowest BCUT2D eigenvalue weighted by atomic mass is 10.2. The van der Waals surface area contributed by atoms with Crippen molar-refractivity contribution >= 4 is 17.0 Å². The Labute approximate surface area is 178 Å². The lowest BCUT2D eigenvalue weighted by Gasteiger charge is -2.10. The number of fused-ring (bicyclic) bond motifs is 1. The number of aromatic nitrogens is 4. The number of imidazole rings is 1. The third kappa shape index (κ3) is 4.41. The topological polar surface area (TPSA) is 94.1 Å². The molecular weight excluding hydrogens is 401 g/mol. The zero-order valence-electron chi connectivity index (χ0n) is 17.2. The molecule has 0 saturated heterocycles. The summed E-state index contributed by atoms with van der Waals surface area (Å²) in [5, 5.41) is 7.60. The number of H-pyrrole nitrogens is 1. The Morgan fingerprint density at radius 1 is 1.19 bits per heavy atom. The first kappa shape index (κ1) is 20.5. The van der Waals surface area contributed by atoms with Crippen LogP contribution >= 0.6 is 0 Å². The third-order valence-corrected chi connectivity index (χ3v) is 4.76. The highest BCUT2D eigenvalue weighted by atomic mass is 19.1. The van der Waals surface area contributed by atoms with E-state index in [1.807, 2.05) is 18.2 Å². The molecule has 0 aliphatic rings. The van der Waals surface area contributed by atoms with Crippen molar-refractivity contribution in [1.82, 2.24) is 25.1 Å². The van der Waals surface area contributed by atoms with Crippen molar-refractivity contribution in [2.75, 3.05) is 13.7 Å². The Morgan fingerprint density at radius 3 is 2.74 bits per heavy atom. The molecule has 160 valence electrons. The van der Waals surface area contributed by atoms with E-state index in [0.717, 1.165) is 22.6 Å². The molecule has 4 aromatic rings. The molecular formula is C22H22FN5O3. The average molecular weight is 423 g/mol. The standard InChI is InChI=1S/C22H22FN5O3/c1-3-31-22(29)17-11-25-28(15-6-4-14(23)5-7-15)20(17)12-24-13-21-26-18-9-8-16(30-2)10-19(18)27-21/h4-11,24H,3,12-13H2,1-2H3,(H,26,27). The predicted octanol–water partition coefficient (Wildman–Crippen LogP) is 3.36. The summed E-state index contributed by atoms with van der Waals surface area (Å²) >= 11 is 0. The summed E-state index contributed by atoms with van der Waals surface area (Å²) in [6, 6.07) is 11.5. The van der Waals surface area contributed by atoms with Gasteiger partial charge in [0.1, 0.15) is 23.0 Å². The van der Waals surface area contributed by atoms with E-state index in [4.69, 9.17) is 9.47 Å². The number of benzene rings is 2. The van der Waals surface area contributed by atoms with Crippen LogP contribution in [0.1, 0.15) is 28.8 Å². The fourth-order valence-corrected chi connectivity index (χ4v) is 3.28. The molecule has 31 heavy (non-hydrogen) atoms. The van der Waals surface area contributed by atoms with Gasteiger partial charge in [0, 0.05) is 12.6 Å². The molecule has 0 aliphatic carbocycles. The number of aromatic amines is 1. The van der Waals surface area contributed by atoms with Crippen LogP contribution in [0.15, 0.2) is 48.7 Å². The number of ether oxygens (including phenoxy) is 2. The van der Waals surface area contributed by atoms with Crippen LogP contribution in [-0.4, -0.2) is 39.4 Å². The number of carbonyl (C=O) groups is 1. The summed E-state index contributed by atoms with van der Waals surface area (Å²) < 4.78 is 25.3. The number of rotatable bonds is 8. The highest BCUT2D eigenvalue weighted by Gasteiger charge is 2.19. The predicted molar refractivity (Wildman–Crippen MR) is 113 cm³/mol. The van der Waals surface area contributed by atoms with Crippen molar-refractivity contribution in [3.8, 4) is 11.4 Å². The fraction of sp³-hybridized carbons (Fsp3) is 0.227. The number of esters is 1. The number of nitrogens with zero attached hydrogens (tertiary/aromatic N) is 3. The Bertz CT molecular complexity index is 1200. The van der Waals surface area contributed by atoms with Gasteiger partial charge in [-0.15, -0.1) is 0 Å². The van der Waals surface area contributed by atoms with Gasteiger partial charge < -0.3 is 19.8 Å². The summed E-state index contributed by atoms with van der Waals surface area (Å²) in [7, 11) is 1.62. The van der Waals surface area contributed by atoms with Gasteiger partial charge in [0.05, 0.1) is 48.9 Å². The van der Waals surface area contributed by atoms with Crippen LogP contribution in [0.25, 0.3) is 16.7 Å². The van der Waals surface area contributed by atoms with E-state index < -0.39 is 5.97 Å². The maximum absolute atomic E-state index is 13.3. The van der Waals surface area contributed by atoms with E-state index in [1.165, 1.54) is 18.3 Å². The molecule has 0 saturated carbocycles. The van der Waals surface area contributed by atoms with Crippen molar-refractivity contribution in [2.45, 2.75) is 20.0 Å². The molecule has 0 bridgehead atoms.